The summed E-state index contributed by atoms with van der Waals surface area (Å²) in [6.07, 6.45) is 2.28. The summed E-state index contributed by atoms with van der Waals surface area (Å²) in [5, 5.41) is 0. The molecule has 1 aromatic carbocycles. The van der Waals surface area contributed by atoms with Gasteiger partial charge in [-0.15, -0.1) is 0 Å². The predicted molar refractivity (Wildman–Crippen MR) is 71.5 cm³/mol. The van der Waals surface area contributed by atoms with Crippen molar-refractivity contribution in [2.45, 2.75) is 44.7 Å². The van der Waals surface area contributed by atoms with E-state index < -0.39 is 23.3 Å². The molecule has 21 heavy (non-hydrogen) atoms. The molecule has 1 aliphatic rings. The largest absolute Gasteiger partial charge is 0.419 e. The Hall–Kier alpha value is -1.65. The number of allylic oxidation sites excluding steroid dienone is 2. The van der Waals surface area contributed by atoms with Gasteiger partial charge in [-0.3, -0.25) is 4.79 Å². The molecular weight excluding hydrogens is 284 g/mol. The second-order valence-electron chi connectivity index (χ2n) is 5.20. The highest BCUT2D eigenvalue weighted by Crippen LogP contribution is 2.32. The molecule has 5 heteroatoms. The van der Waals surface area contributed by atoms with Crippen molar-refractivity contribution in [2.24, 2.45) is 0 Å². The van der Waals surface area contributed by atoms with Crippen LogP contribution in [0.1, 0.15) is 54.4 Å². The normalized spacial score (nSPS) is 19.3. The lowest BCUT2D eigenvalue weighted by Gasteiger charge is -2.13. The summed E-state index contributed by atoms with van der Waals surface area (Å²) >= 11 is 0. The molecule has 0 aromatic heterocycles. The van der Waals surface area contributed by atoms with Gasteiger partial charge < -0.3 is 0 Å². The number of carbonyl (C=O) groups excluding carboxylic acids is 1. The van der Waals surface area contributed by atoms with E-state index in [-0.39, 0.29) is 5.56 Å². The van der Waals surface area contributed by atoms with Gasteiger partial charge in [0, 0.05) is 5.56 Å². The van der Waals surface area contributed by atoms with Crippen LogP contribution in [-0.2, 0) is 6.18 Å². The fraction of sp³-hybridized carbons (Fsp3) is 0.438. The molecule has 0 radical (unpaired) electrons. The Bertz CT molecular complexity index is 558. The Morgan fingerprint density at radius 1 is 1.05 bits per heavy atom. The molecule has 0 saturated heterocycles. The van der Waals surface area contributed by atoms with E-state index in [9.17, 15) is 22.4 Å². The van der Waals surface area contributed by atoms with Gasteiger partial charge in [0.05, 0.1) is 5.56 Å². The molecule has 0 unspecified atom stereocenters. The molecule has 1 nitrogen and oxygen atoms in total. The fourth-order valence-corrected chi connectivity index (χ4v) is 2.47. The van der Waals surface area contributed by atoms with Crippen LogP contribution in [0.4, 0.5) is 17.6 Å². The number of alkyl halides is 3. The summed E-state index contributed by atoms with van der Waals surface area (Å²) in [4.78, 5) is 12.3. The number of benzene rings is 1. The van der Waals surface area contributed by atoms with Crippen LogP contribution in [0.2, 0.25) is 0 Å². The molecule has 0 heterocycles. The van der Waals surface area contributed by atoms with Crippen molar-refractivity contribution in [3.63, 3.8) is 0 Å². The summed E-state index contributed by atoms with van der Waals surface area (Å²) in [5.41, 5.74) is -0.954. The quantitative estimate of drug-likeness (QED) is 0.534. The minimum Gasteiger partial charge on any atom is -0.289 e. The summed E-state index contributed by atoms with van der Waals surface area (Å²) in [5.74, 6) is -1.78. The van der Waals surface area contributed by atoms with E-state index in [0.717, 1.165) is 38.2 Å². The molecule has 0 aliphatic heterocycles. The topological polar surface area (TPSA) is 17.1 Å². The number of halogens is 4. The van der Waals surface area contributed by atoms with Gasteiger partial charge >= 0.3 is 6.18 Å². The van der Waals surface area contributed by atoms with Crippen LogP contribution in [0.15, 0.2) is 29.8 Å². The lowest BCUT2D eigenvalue weighted by molar-refractivity contribution is -0.140. The Kier molecular flexibility index (Phi) is 4.80. The average molecular weight is 300 g/mol. The van der Waals surface area contributed by atoms with E-state index in [1.807, 2.05) is 0 Å². The van der Waals surface area contributed by atoms with Crippen LogP contribution in [0.5, 0.6) is 0 Å². The van der Waals surface area contributed by atoms with Crippen LogP contribution in [0, 0.1) is 5.82 Å². The van der Waals surface area contributed by atoms with Gasteiger partial charge in [0.15, 0.2) is 5.78 Å². The number of rotatable bonds is 2. The first-order chi connectivity index (χ1) is 9.89. The van der Waals surface area contributed by atoms with Crippen molar-refractivity contribution in [1.82, 2.24) is 0 Å². The van der Waals surface area contributed by atoms with E-state index in [4.69, 9.17) is 0 Å². The third kappa shape index (κ3) is 3.93. The van der Waals surface area contributed by atoms with Gasteiger partial charge in [-0.1, -0.05) is 18.9 Å². The van der Waals surface area contributed by atoms with Gasteiger partial charge in [-0.2, -0.15) is 13.2 Å². The number of ketones is 1. The molecule has 0 amide bonds. The van der Waals surface area contributed by atoms with Crippen molar-refractivity contribution in [2.75, 3.05) is 0 Å². The van der Waals surface area contributed by atoms with Crippen molar-refractivity contribution in [1.29, 1.82) is 0 Å². The Morgan fingerprint density at radius 3 is 2.48 bits per heavy atom. The minimum atomic E-state index is -4.80. The molecule has 1 aromatic rings. The second kappa shape index (κ2) is 6.41. The number of carbonyl (C=O) groups is 1. The lowest BCUT2D eigenvalue weighted by atomic mass is 9.93. The van der Waals surface area contributed by atoms with Crippen LogP contribution >= 0.6 is 0 Å². The SMILES string of the molecule is O=C(/C1=C/CCCCCC1)c1ccc(F)c(C(F)(F)F)c1. The lowest BCUT2D eigenvalue weighted by Crippen LogP contribution is -2.12. The van der Waals surface area contributed by atoms with Crippen LogP contribution in [-0.4, -0.2) is 5.78 Å². The zero-order valence-electron chi connectivity index (χ0n) is 11.5. The zero-order valence-corrected chi connectivity index (χ0v) is 11.5. The molecule has 0 atom stereocenters. The number of Topliss-reactive ketones (excluding diaryl/α,β-unsaturated/α-hetero) is 1. The molecule has 0 fully saturated rings. The Morgan fingerprint density at radius 2 is 1.76 bits per heavy atom. The molecular formula is C16H16F4O. The predicted octanol–water partition coefficient (Wildman–Crippen LogP) is 5.31. The van der Waals surface area contributed by atoms with Crippen molar-refractivity contribution < 1.29 is 22.4 Å². The first kappa shape index (κ1) is 15.7. The first-order valence-corrected chi connectivity index (χ1v) is 7.00. The zero-order chi connectivity index (χ0) is 15.5. The van der Waals surface area contributed by atoms with Crippen LogP contribution < -0.4 is 0 Å². The molecule has 2 rings (SSSR count). The molecule has 0 saturated carbocycles. The summed E-state index contributed by atoms with van der Waals surface area (Å²) in [6, 6.07) is 2.43. The maximum atomic E-state index is 13.2. The van der Waals surface area contributed by atoms with Gasteiger partial charge in [0.1, 0.15) is 5.82 Å². The minimum absolute atomic E-state index is 0.101. The van der Waals surface area contributed by atoms with Crippen LogP contribution in [0.3, 0.4) is 0 Å². The third-order valence-corrected chi connectivity index (χ3v) is 3.62. The summed E-state index contributed by atoms with van der Waals surface area (Å²) < 4.78 is 51.3. The highest BCUT2D eigenvalue weighted by atomic mass is 19.4. The Labute approximate surface area is 120 Å². The first-order valence-electron chi connectivity index (χ1n) is 7.00. The summed E-state index contributed by atoms with van der Waals surface area (Å²) in [6.45, 7) is 0. The smallest absolute Gasteiger partial charge is 0.289 e. The van der Waals surface area contributed by atoms with Gasteiger partial charge in [0.25, 0.3) is 0 Å². The highest BCUT2D eigenvalue weighted by molar-refractivity contribution is 6.08. The maximum Gasteiger partial charge on any atom is 0.419 e. The van der Waals surface area contributed by atoms with E-state index in [1.165, 1.54) is 0 Å². The number of hydrogen-bond acceptors (Lipinski definition) is 1. The molecule has 0 spiro atoms. The van der Waals surface area contributed by atoms with Crippen molar-refractivity contribution in [3.8, 4) is 0 Å². The second-order valence-corrected chi connectivity index (χ2v) is 5.20. The molecule has 114 valence electrons. The maximum absolute atomic E-state index is 13.2. The molecule has 0 bridgehead atoms. The van der Waals surface area contributed by atoms with E-state index >= 15 is 0 Å². The summed E-state index contributed by atoms with van der Waals surface area (Å²) in [7, 11) is 0. The standard InChI is InChI=1S/C16H16F4O/c17-14-9-8-12(10-13(14)16(18,19)20)15(21)11-6-4-2-1-3-5-7-11/h6,8-10H,1-5,7H2/b11-6+. The van der Waals surface area contributed by atoms with E-state index in [2.05, 4.69) is 0 Å². The van der Waals surface area contributed by atoms with Crippen LogP contribution in [0.25, 0.3) is 0 Å². The Balaban J connectivity index is 2.30. The van der Waals surface area contributed by atoms with Gasteiger partial charge in [0.2, 0.25) is 0 Å². The molecule has 1 aliphatic carbocycles. The number of hydrogen-bond donors (Lipinski definition) is 0. The average Bonchev–Trinajstić information content (AvgIpc) is 2.36. The van der Waals surface area contributed by atoms with Crippen molar-refractivity contribution >= 4 is 5.78 Å². The van der Waals surface area contributed by atoms with Gasteiger partial charge in [-0.05, 0) is 49.5 Å². The monoisotopic (exact) mass is 300 g/mol. The van der Waals surface area contributed by atoms with E-state index in [1.54, 1.807) is 6.08 Å². The molecule has 0 N–H and O–H groups in total. The third-order valence-electron chi connectivity index (χ3n) is 3.62. The highest BCUT2D eigenvalue weighted by Gasteiger charge is 2.34. The van der Waals surface area contributed by atoms with Crippen molar-refractivity contribution in [3.05, 3.63) is 46.8 Å². The van der Waals surface area contributed by atoms with E-state index in [0.29, 0.717) is 24.1 Å². The van der Waals surface area contributed by atoms with Gasteiger partial charge in [-0.25, -0.2) is 4.39 Å². The fourth-order valence-electron chi connectivity index (χ4n) is 2.47.